The fourth-order valence-electron chi connectivity index (χ4n) is 3.44. The van der Waals surface area contributed by atoms with Crippen LogP contribution in [0, 0.1) is 20.8 Å². The van der Waals surface area contributed by atoms with E-state index < -0.39 is 10.0 Å². The molecule has 0 atom stereocenters. The molecule has 0 aliphatic carbocycles. The van der Waals surface area contributed by atoms with Gasteiger partial charge in [-0.1, -0.05) is 48.0 Å². The van der Waals surface area contributed by atoms with Crippen molar-refractivity contribution in [2.75, 3.05) is 10.0 Å². The van der Waals surface area contributed by atoms with Gasteiger partial charge in [0.15, 0.2) is 11.6 Å². The lowest BCUT2D eigenvalue weighted by molar-refractivity contribution is 0.601. The van der Waals surface area contributed by atoms with Crippen molar-refractivity contribution in [3.05, 3.63) is 83.4 Å². The Bertz CT molecular complexity index is 1310. The number of sulfonamides is 1. The van der Waals surface area contributed by atoms with E-state index in [0.717, 1.165) is 22.4 Å². The van der Waals surface area contributed by atoms with Crippen LogP contribution in [0.5, 0.6) is 0 Å². The zero-order valence-electron chi connectivity index (χ0n) is 17.0. The van der Waals surface area contributed by atoms with Gasteiger partial charge in [-0.3, -0.25) is 4.72 Å². The zero-order chi connectivity index (χ0) is 21.3. The minimum atomic E-state index is -3.82. The highest BCUT2D eigenvalue weighted by molar-refractivity contribution is 7.92. The number of aromatic nitrogens is 2. The average molecular weight is 419 g/mol. The van der Waals surface area contributed by atoms with E-state index in [2.05, 4.69) is 32.1 Å². The smallest absolute Gasteiger partial charge is 0.263 e. The summed E-state index contributed by atoms with van der Waals surface area (Å²) in [6.45, 7) is 6.05. The van der Waals surface area contributed by atoms with Crippen molar-refractivity contribution in [3.8, 4) is 0 Å². The summed E-state index contributed by atoms with van der Waals surface area (Å²) in [7, 11) is -3.82. The Labute approximate surface area is 176 Å². The Balaban J connectivity index is 1.83. The van der Waals surface area contributed by atoms with E-state index in [0.29, 0.717) is 16.9 Å². The maximum absolute atomic E-state index is 12.9. The number of aryl methyl sites for hydroxylation is 3. The van der Waals surface area contributed by atoms with E-state index in [1.54, 1.807) is 24.3 Å². The highest BCUT2D eigenvalue weighted by Crippen LogP contribution is 2.30. The van der Waals surface area contributed by atoms with Crippen LogP contribution in [0.3, 0.4) is 0 Å². The van der Waals surface area contributed by atoms with Crippen LogP contribution in [0.15, 0.2) is 71.6 Å². The Morgan fingerprint density at radius 2 is 1.27 bits per heavy atom. The molecule has 0 radical (unpaired) electrons. The summed E-state index contributed by atoms with van der Waals surface area (Å²) in [6, 6.07) is 19.7. The first kappa shape index (κ1) is 19.8. The highest BCUT2D eigenvalue weighted by atomic mass is 32.2. The van der Waals surface area contributed by atoms with Gasteiger partial charge in [0.05, 0.1) is 15.9 Å². The van der Waals surface area contributed by atoms with E-state index >= 15 is 0 Å². The zero-order valence-corrected chi connectivity index (χ0v) is 17.8. The van der Waals surface area contributed by atoms with E-state index in [1.165, 1.54) is 12.1 Å². The first-order chi connectivity index (χ1) is 14.3. The lowest BCUT2D eigenvalue weighted by atomic mass is 10.1. The van der Waals surface area contributed by atoms with E-state index in [4.69, 9.17) is 0 Å². The molecule has 0 saturated carbocycles. The number of para-hydroxylation sites is 2. The maximum atomic E-state index is 12.9. The highest BCUT2D eigenvalue weighted by Gasteiger charge is 2.19. The van der Waals surface area contributed by atoms with Crippen LogP contribution in [0.1, 0.15) is 16.7 Å². The molecule has 2 N–H and O–H groups in total. The lowest BCUT2D eigenvalue weighted by Crippen LogP contribution is -2.16. The van der Waals surface area contributed by atoms with Gasteiger partial charge in [-0.05, 0) is 56.2 Å². The number of nitrogens with zero attached hydrogens (tertiary/aromatic N) is 2. The third-order valence-corrected chi connectivity index (χ3v) is 6.13. The molecule has 0 bridgehead atoms. The van der Waals surface area contributed by atoms with Crippen molar-refractivity contribution in [2.45, 2.75) is 25.7 Å². The number of nitrogens with one attached hydrogen (secondary N) is 2. The maximum Gasteiger partial charge on any atom is 0.263 e. The molecule has 4 rings (SSSR count). The van der Waals surface area contributed by atoms with E-state index in [9.17, 15) is 8.42 Å². The Morgan fingerprint density at radius 3 is 1.87 bits per heavy atom. The number of benzene rings is 3. The topological polar surface area (TPSA) is 84.0 Å². The summed E-state index contributed by atoms with van der Waals surface area (Å²) in [5, 5.41) is 3.30. The van der Waals surface area contributed by atoms with Gasteiger partial charge in [0.1, 0.15) is 0 Å². The molecule has 152 valence electrons. The number of anilines is 3. The predicted molar refractivity (Wildman–Crippen MR) is 121 cm³/mol. The monoisotopic (exact) mass is 418 g/mol. The van der Waals surface area contributed by atoms with Gasteiger partial charge in [0.25, 0.3) is 10.0 Å². The summed E-state index contributed by atoms with van der Waals surface area (Å²) in [5.74, 6) is 0.500. The summed E-state index contributed by atoms with van der Waals surface area (Å²) < 4.78 is 28.4. The van der Waals surface area contributed by atoms with Crippen LogP contribution in [-0.2, 0) is 10.0 Å². The van der Waals surface area contributed by atoms with Crippen molar-refractivity contribution >= 4 is 38.4 Å². The van der Waals surface area contributed by atoms with Crippen molar-refractivity contribution in [2.24, 2.45) is 0 Å². The number of hydrogen-bond acceptors (Lipinski definition) is 5. The molecule has 7 heteroatoms. The molecule has 0 spiro atoms. The predicted octanol–water partition coefficient (Wildman–Crippen LogP) is 5.10. The third-order valence-electron chi connectivity index (χ3n) is 4.78. The first-order valence-electron chi connectivity index (χ1n) is 9.53. The van der Waals surface area contributed by atoms with Crippen LogP contribution < -0.4 is 10.0 Å². The quantitative estimate of drug-likeness (QED) is 0.471. The summed E-state index contributed by atoms with van der Waals surface area (Å²) in [6.07, 6.45) is 0. The second-order valence-corrected chi connectivity index (χ2v) is 8.91. The molecule has 0 fully saturated rings. The van der Waals surface area contributed by atoms with Gasteiger partial charge in [-0.25, -0.2) is 18.4 Å². The second-order valence-electron chi connectivity index (χ2n) is 7.23. The molecule has 0 amide bonds. The number of fused-ring (bicyclic) bond motifs is 1. The van der Waals surface area contributed by atoms with Gasteiger partial charge >= 0.3 is 0 Å². The SMILES string of the molecule is Cc1cc(C)c(Nc2nc3ccccc3nc2NS(=O)(=O)c2ccccc2)c(C)c1. The second kappa shape index (κ2) is 7.76. The molecule has 6 nitrogen and oxygen atoms in total. The van der Waals surface area contributed by atoms with Gasteiger partial charge in [0, 0.05) is 5.69 Å². The van der Waals surface area contributed by atoms with Crippen molar-refractivity contribution in [1.29, 1.82) is 0 Å². The van der Waals surface area contributed by atoms with Crippen molar-refractivity contribution in [1.82, 2.24) is 9.97 Å². The van der Waals surface area contributed by atoms with Crippen LogP contribution in [0.2, 0.25) is 0 Å². The molecule has 4 aromatic rings. The average Bonchev–Trinajstić information content (AvgIpc) is 2.71. The molecule has 0 aliphatic heterocycles. The van der Waals surface area contributed by atoms with Gasteiger partial charge in [-0.15, -0.1) is 0 Å². The molecular weight excluding hydrogens is 396 g/mol. The minimum Gasteiger partial charge on any atom is -0.337 e. The number of rotatable bonds is 5. The van der Waals surface area contributed by atoms with Crippen LogP contribution in [0.25, 0.3) is 11.0 Å². The van der Waals surface area contributed by atoms with Gasteiger partial charge < -0.3 is 5.32 Å². The fraction of sp³-hybridized carbons (Fsp3) is 0.130. The van der Waals surface area contributed by atoms with E-state index in [1.807, 2.05) is 39.0 Å². The first-order valence-corrected chi connectivity index (χ1v) is 11.0. The fourth-order valence-corrected chi connectivity index (χ4v) is 4.47. The molecule has 1 aromatic heterocycles. The molecule has 0 saturated heterocycles. The molecule has 1 heterocycles. The van der Waals surface area contributed by atoms with E-state index in [-0.39, 0.29) is 10.7 Å². The standard InChI is InChI=1S/C23H22N4O2S/c1-15-13-16(2)21(17(3)14-15)26-22-23(25-20-12-8-7-11-19(20)24-22)27-30(28,29)18-9-5-4-6-10-18/h4-14H,1-3H3,(H,24,26)(H,25,27). The third kappa shape index (κ3) is 3.97. The summed E-state index contributed by atoms with van der Waals surface area (Å²) in [5.41, 5.74) is 5.39. The minimum absolute atomic E-state index is 0.150. The molecule has 30 heavy (non-hydrogen) atoms. The molecule has 0 unspecified atom stereocenters. The van der Waals surface area contributed by atoms with Crippen LogP contribution >= 0.6 is 0 Å². The largest absolute Gasteiger partial charge is 0.337 e. The van der Waals surface area contributed by atoms with Crippen LogP contribution in [-0.4, -0.2) is 18.4 Å². The van der Waals surface area contributed by atoms with Crippen molar-refractivity contribution in [3.63, 3.8) is 0 Å². The van der Waals surface area contributed by atoms with Gasteiger partial charge in [-0.2, -0.15) is 0 Å². The van der Waals surface area contributed by atoms with Crippen LogP contribution in [0.4, 0.5) is 17.3 Å². The number of hydrogen-bond donors (Lipinski definition) is 2. The normalized spacial score (nSPS) is 11.4. The molecule has 3 aromatic carbocycles. The molecular formula is C23H22N4O2S. The Kier molecular flexibility index (Phi) is 5.13. The van der Waals surface area contributed by atoms with Gasteiger partial charge in [0.2, 0.25) is 0 Å². The Hall–Kier alpha value is -3.45. The summed E-state index contributed by atoms with van der Waals surface area (Å²) in [4.78, 5) is 9.36. The summed E-state index contributed by atoms with van der Waals surface area (Å²) >= 11 is 0. The lowest BCUT2D eigenvalue weighted by Gasteiger charge is -2.17. The molecule has 0 aliphatic rings. The Morgan fingerprint density at radius 1 is 0.733 bits per heavy atom. The van der Waals surface area contributed by atoms with Crippen molar-refractivity contribution < 1.29 is 8.42 Å².